The largest absolute Gasteiger partial charge is 0.480 e. The van der Waals surface area contributed by atoms with Gasteiger partial charge >= 0.3 is 17.9 Å². The number of halogens is 4. The molecule has 0 spiro atoms. The van der Waals surface area contributed by atoms with Gasteiger partial charge < -0.3 is 75.8 Å². The lowest BCUT2D eigenvalue weighted by Crippen LogP contribution is -2.41. The summed E-state index contributed by atoms with van der Waals surface area (Å²) in [7, 11) is 4.48. The SMILES string of the molecule is COC[C@@H](F)CN(CCCCc1ccc2c(n1)NCCC2)CC[C@H](N)C(=O)OC(C)(C)C.COC[C@@H](F)CN(CCCCc1ccc2c(n1)NCCC2)CC[C@H](Nc1cc(-c2ccncc2)ccn1)C(=O)O.COC[C@@H](F)CN(CCCCc1ccc2c(n1)NCCC2)CC[C@H](Nc1cc(-c2ccncc2)ccn1)C(=O)OC(C)(C)C.Clc1cc(-c2ccncc2)ccn1. The summed E-state index contributed by atoms with van der Waals surface area (Å²) in [5.74, 6) is 2.31. The van der Waals surface area contributed by atoms with Gasteiger partial charge in [-0.1, -0.05) is 29.8 Å². The Hall–Kier alpha value is -10.4. The van der Waals surface area contributed by atoms with Gasteiger partial charge in [0.2, 0.25) is 0 Å². The van der Waals surface area contributed by atoms with Gasteiger partial charge in [-0.15, -0.1) is 0 Å². The number of fused-ring (bicyclic) bond motifs is 3. The molecule has 9 aromatic heterocycles. The van der Waals surface area contributed by atoms with E-state index in [0.29, 0.717) is 68.8 Å². The summed E-state index contributed by atoms with van der Waals surface area (Å²) in [5, 5.41) is 26.9. The van der Waals surface area contributed by atoms with E-state index < -0.39 is 59.8 Å². The van der Waals surface area contributed by atoms with Gasteiger partial charge in [0.05, 0.1) is 19.8 Å². The Morgan fingerprint density at radius 1 is 0.442 bits per heavy atom. The second kappa shape index (κ2) is 54.9. The van der Waals surface area contributed by atoms with Crippen molar-refractivity contribution in [3.8, 4) is 33.4 Å². The number of carbonyl (C=O) groups is 3. The number of unbranched alkanes of at least 4 members (excludes halogenated alkanes) is 3. The van der Waals surface area contributed by atoms with E-state index in [0.717, 1.165) is 190 Å². The average Bonchev–Trinajstić information content (AvgIpc) is 0.853. The molecule has 31 heteroatoms. The second-order valence-electron chi connectivity index (χ2n) is 34.7. The van der Waals surface area contributed by atoms with E-state index in [1.54, 1.807) is 55.8 Å². The molecule has 12 heterocycles. The van der Waals surface area contributed by atoms with E-state index in [1.807, 2.05) is 124 Å². The van der Waals surface area contributed by atoms with Crippen molar-refractivity contribution in [3.05, 3.63) is 204 Å². The first kappa shape index (κ1) is 102. The van der Waals surface area contributed by atoms with E-state index in [1.165, 1.54) is 38.0 Å². The molecule has 8 N–H and O–H groups in total. The summed E-state index contributed by atoms with van der Waals surface area (Å²) >= 11 is 5.77. The van der Waals surface area contributed by atoms with Crippen LogP contribution in [0, 0.1) is 0 Å². The van der Waals surface area contributed by atoms with E-state index in [-0.39, 0.29) is 45.4 Å². The van der Waals surface area contributed by atoms with Crippen molar-refractivity contribution in [2.45, 2.75) is 205 Å². The highest BCUT2D eigenvalue weighted by Gasteiger charge is 2.29. The first-order valence-corrected chi connectivity index (χ1v) is 45.6. The van der Waals surface area contributed by atoms with Crippen molar-refractivity contribution >= 4 is 58.6 Å². The number of aliphatic carboxylic acids is 1. The van der Waals surface area contributed by atoms with Crippen molar-refractivity contribution in [1.29, 1.82) is 0 Å². The Morgan fingerprint density at radius 2 is 0.775 bits per heavy atom. The van der Waals surface area contributed by atoms with Crippen LogP contribution < -0.4 is 32.3 Å². The number of ether oxygens (including phenoxy) is 5. The minimum Gasteiger partial charge on any atom is -0.480 e. The Morgan fingerprint density at radius 3 is 1.13 bits per heavy atom. The molecule has 0 fully saturated rings. The fraction of sp³-hybridized carbons (Fsp3) is 0.510. The smallest absolute Gasteiger partial charge is 0.329 e. The number of anilines is 5. The second-order valence-corrected chi connectivity index (χ2v) is 35.0. The number of aromatic nitrogens is 9. The van der Waals surface area contributed by atoms with Crippen molar-refractivity contribution < 1.29 is 56.3 Å². The maximum Gasteiger partial charge on any atom is 0.329 e. The number of nitrogens with zero attached hydrogens (tertiary/aromatic N) is 12. The number of aryl methyl sites for hydroxylation is 6. The van der Waals surface area contributed by atoms with Gasteiger partial charge in [0.1, 0.15) is 82.1 Å². The van der Waals surface area contributed by atoms with Crippen LogP contribution >= 0.6 is 11.6 Å². The summed E-state index contributed by atoms with van der Waals surface area (Å²) in [6, 6.07) is 33.4. The maximum absolute atomic E-state index is 14.7. The van der Waals surface area contributed by atoms with Crippen molar-refractivity contribution in [3.63, 3.8) is 0 Å². The highest BCUT2D eigenvalue weighted by Crippen LogP contribution is 2.29. The van der Waals surface area contributed by atoms with Crippen LogP contribution in [0.4, 0.5) is 42.3 Å². The number of alkyl halides is 3. The number of carbonyl (C=O) groups excluding carboxylic acids is 2. The number of hydrogen-bond donors (Lipinski definition) is 7. The third kappa shape index (κ3) is 38.3. The number of pyridine rings is 9. The summed E-state index contributed by atoms with van der Waals surface area (Å²) < 4.78 is 69.5. The average molecular weight is 1800 g/mol. The van der Waals surface area contributed by atoms with Crippen molar-refractivity contribution in [1.82, 2.24) is 59.6 Å². The van der Waals surface area contributed by atoms with Gasteiger partial charge in [0, 0.05) is 153 Å². The molecule has 3 aliphatic rings. The molecule has 0 unspecified atom stereocenters. The first-order valence-electron chi connectivity index (χ1n) is 45.2. The third-order valence-electron chi connectivity index (χ3n) is 21.6. The van der Waals surface area contributed by atoms with Crippen LogP contribution in [0.15, 0.2) is 165 Å². The lowest BCUT2D eigenvalue weighted by molar-refractivity contribution is -0.157. The van der Waals surface area contributed by atoms with Crippen LogP contribution in [0.1, 0.15) is 152 Å². The topological polar surface area (TPSA) is 329 Å². The number of hydrogen-bond acceptors (Lipinski definition) is 26. The zero-order valence-corrected chi connectivity index (χ0v) is 77.3. The van der Waals surface area contributed by atoms with E-state index >= 15 is 0 Å². The van der Waals surface area contributed by atoms with Gasteiger partial charge in [-0.3, -0.25) is 19.7 Å². The van der Waals surface area contributed by atoms with Crippen LogP contribution in [0.25, 0.3) is 33.4 Å². The molecule has 0 amide bonds. The molecule has 0 saturated carbocycles. The Labute approximate surface area is 764 Å². The van der Waals surface area contributed by atoms with Gasteiger partial charge in [-0.2, -0.15) is 0 Å². The molecule has 0 radical (unpaired) electrons. The Kier molecular flexibility index (Phi) is 43.5. The Bertz CT molecular complexity index is 4780. The number of carboxylic acid groups (broad SMARTS) is 1. The lowest BCUT2D eigenvalue weighted by atomic mass is 10.1. The summed E-state index contributed by atoms with van der Waals surface area (Å²) in [4.78, 5) is 82.7. The zero-order chi connectivity index (χ0) is 92.2. The number of rotatable bonds is 46. The summed E-state index contributed by atoms with van der Waals surface area (Å²) in [6.45, 7) is 18.2. The van der Waals surface area contributed by atoms with Crippen LogP contribution in [-0.2, 0) is 76.6 Å². The minimum absolute atomic E-state index is 0.00880. The molecule has 0 bridgehead atoms. The van der Waals surface area contributed by atoms with E-state index in [2.05, 4.69) is 97.8 Å². The monoisotopic (exact) mass is 1800 g/mol. The Balaban J connectivity index is 0.000000205. The molecule has 9 aromatic rings. The van der Waals surface area contributed by atoms with Crippen molar-refractivity contribution in [2.24, 2.45) is 5.73 Å². The number of esters is 2. The van der Waals surface area contributed by atoms with E-state index in [9.17, 15) is 32.7 Å². The molecule has 6 atom stereocenters. The summed E-state index contributed by atoms with van der Waals surface area (Å²) in [5.41, 5.74) is 17.8. The summed E-state index contributed by atoms with van der Waals surface area (Å²) in [6.07, 6.45) is 27.9. The number of methoxy groups -OCH3 is 3. The molecule has 0 aromatic carbocycles. The van der Waals surface area contributed by atoms with Gasteiger partial charge in [-0.05, 0) is 318 Å². The number of nitrogens with one attached hydrogen (secondary N) is 5. The molecule has 0 saturated heterocycles. The quantitative estimate of drug-likeness (QED) is 0.0106. The number of nitrogens with two attached hydrogens (primary N) is 1. The normalized spacial score (nSPS) is 14.2. The molecule has 12 rings (SSSR count). The molecule has 27 nitrogen and oxygen atoms in total. The third-order valence-corrected chi connectivity index (χ3v) is 21.8. The zero-order valence-electron chi connectivity index (χ0n) is 76.6. The van der Waals surface area contributed by atoms with Gasteiger partial charge in [-0.25, -0.2) is 52.7 Å². The standard InChI is InChI=1S/C34H47FN6O3.C30H39FN6O3.C24H41FN4O3.C10H7ClN2/c1-34(2,3)44-33(42)30(40-31-22-27(14-19-37-31)25-12-17-36-18-13-25)15-21-41(23-28(35)24-43-4)20-6-5-9-29-11-10-26-8-7-16-38-32(26)39-29;1-40-21-25(31)20-37(17-3-2-6-26-8-7-23-5-4-13-34-29(23)35-26)18-12-27(30(38)39)36-28-19-24(11-16-33-28)22-9-14-32-15-10-22;1-24(2,3)32-23(30)21(26)12-15-29(16-19(25)17-31-4)14-6-5-9-20-11-10-18-8-7-13-27-22(18)28-20;11-10-7-9(3-6-13-10)8-1-4-12-5-2-8/h10-14,17-19,22,28,30H,5-9,15-16,20-21,23-24H2,1-4H3,(H,37,40)(H,38,39);7-11,14-16,19,25,27H,2-6,12-13,17-18,20-21H2,1H3,(H,33,36)(H,34,35)(H,38,39);10-11,19,21H,5-9,12-17,26H2,1-4H3,(H,27,28);1-7H/t28-,30-;25-,27-;19-,21-;/m000./s1. The minimum atomic E-state index is -1.15. The molecular formula is C98H134ClF3N18O9. The molecular weight excluding hydrogens is 1670 g/mol. The van der Waals surface area contributed by atoms with Crippen LogP contribution in [0.5, 0.6) is 0 Å². The molecule has 129 heavy (non-hydrogen) atoms. The highest BCUT2D eigenvalue weighted by atomic mass is 35.5. The van der Waals surface area contributed by atoms with Crippen LogP contribution in [0.3, 0.4) is 0 Å². The predicted molar refractivity (Wildman–Crippen MR) is 505 cm³/mol. The maximum atomic E-state index is 14.7. The number of carboxylic acids is 1. The predicted octanol–water partition coefficient (Wildman–Crippen LogP) is 16.1. The molecule has 0 aliphatic carbocycles. The van der Waals surface area contributed by atoms with Crippen LogP contribution in [0.2, 0.25) is 5.15 Å². The lowest BCUT2D eigenvalue weighted by Gasteiger charge is -2.28. The fourth-order valence-electron chi connectivity index (χ4n) is 15.1. The molecule has 3 aliphatic heterocycles. The van der Waals surface area contributed by atoms with Crippen molar-refractivity contribution in [2.75, 3.05) is 146 Å². The first-order chi connectivity index (χ1) is 62.2. The fourth-order valence-corrected chi connectivity index (χ4v) is 15.3. The highest BCUT2D eigenvalue weighted by molar-refractivity contribution is 6.29. The van der Waals surface area contributed by atoms with E-state index in [4.69, 9.17) is 56.0 Å². The molecule has 698 valence electrons. The van der Waals surface area contributed by atoms with Crippen LogP contribution in [-0.4, -0.2) is 250 Å². The van der Waals surface area contributed by atoms with Gasteiger partial charge in [0.25, 0.3) is 0 Å². The van der Waals surface area contributed by atoms with Gasteiger partial charge in [0.15, 0.2) is 0 Å².